The Kier molecular flexibility index (Phi) is 10.4. The SMILES string of the molecule is CC(OC(=O)C(CC(=O)OC(C)(C)C)OC(=O)OC(C)(C)C)C(=O)OC1=CC[C@@]2(O)[C@H]3Cc4ccc(OC(=O)OC(C)(C)C)c5c4[C@@]2(CCN3C)[C@H]1O5. The highest BCUT2D eigenvalue weighted by Gasteiger charge is 2.72. The van der Waals surface area contributed by atoms with Crippen LogP contribution in [-0.2, 0) is 54.6 Å². The summed E-state index contributed by atoms with van der Waals surface area (Å²) in [5, 5.41) is 12.5. The normalized spacial score (nSPS) is 25.7. The number of likely N-dealkylation sites (tertiary alicyclic amines) is 1. The Morgan fingerprint density at radius 1 is 0.887 bits per heavy atom. The lowest BCUT2D eigenvalue weighted by atomic mass is 9.50. The van der Waals surface area contributed by atoms with Gasteiger partial charge in [-0.1, -0.05) is 6.07 Å². The summed E-state index contributed by atoms with van der Waals surface area (Å²) in [6.45, 7) is 16.7. The zero-order valence-corrected chi connectivity index (χ0v) is 32.3. The standard InChI is InChI=1S/C38H51NO14/c1-20(46-31(42)24(19-26(40)51-34(2,3)4)49-33(44)53-36(8,9)10)30(41)47-23-14-15-38(45)25-18-21-12-13-22(48-32(43)52-35(5,6)7)28-27(21)37(38,29(23)50-28)16-17-39(25)11/h12-14,20,24-25,29,45H,15-19H2,1-11H3/t20?,24?,25-,29+,37+,38-/m1/s1. The minimum Gasteiger partial charge on any atom is -0.477 e. The molecule has 2 aliphatic carbocycles. The van der Waals surface area contributed by atoms with Crippen LogP contribution in [-0.4, -0.2) is 101 Å². The average Bonchev–Trinajstić information content (AvgIpc) is 3.34. The van der Waals surface area contributed by atoms with Gasteiger partial charge in [-0.25, -0.2) is 19.2 Å². The van der Waals surface area contributed by atoms with Crippen LogP contribution in [0, 0.1) is 0 Å². The van der Waals surface area contributed by atoms with Gasteiger partial charge in [0.1, 0.15) is 22.6 Å². The third-order valence-electron chi connectivity index (χ3n) is 9.43. The highest BCUT2D eigenvalue weighted by atomic mass is 16.7. The number of benzene rings is 1. The highest BCUT2D eigenvalue weighted by Crippen LogP contribution is 2.65. The molecule has 0 saturated carbocycles. The van der Waals surface area contributed by atoms with E-state index in [0.717, 1.165) is 5.56 Å². The molecule has 1 spiro atoms. The summed E-state index contributed by atoms with van der Waals surface area (Å²) >= 11 is 0. The molecule has 0 aromatic heterocycles. The molecular formula is C38H51NO14. The van der Waals surface area contributed by atoms with Gasteiger partial charge in [-0.15, -0.1) is 0 Å². The maximum Gasteiger partial charge on any atom is 0.514 e. The number of carbonyl (C=O) groups is 5. The quantitative estimate of drug-likeness (QED) is 0.217. The smallest absolute Gasteiger partial charge is 0.477 e. The third-order valence-corrected chi connectivity index (χ3v) is 9.43. The van der Waals surface area contributed by atoms with E-state index in [9.17, 15) is 29.1 Å². The summed E-state index contributed by atoms with van der Waals surface area (Å²) in [7, 11) is 1.95. The van der Waals surface area contributed by atoms with E-state index in [2.05, 4.69) is 4.90 Å². The van der Waals surface area contributed by atoms with Gasteiger partial charge in [-0.05, 0) is 113 Å². The Balaban J connectivity index is 1.38. The van der Waals surface area contributed by atoms with Crippen LogP contribution in [0.3, 0.4) is 0 Å². The first kappa shape index (κ1) is 39.8. The van der Waals surface area contributed by atoms with Crippen LogP contribution >= 0.6 is 0 Å². The number of hydrogen-bond acceptors (Lipinski definition) is 15. The van der Waals surface area contributed by atoms with Crippen molar-refractivity contribution in [3.63, 3.8) is 0 Å². The van der Waals surface area contributed by atoms with Crippen LogP contribution < -0.4 is 9.47 Å². The molecule has 0 radical (unpaired) electrons. The predicted molar refractivity (Wildman–Crippen MR) is 185 cm³/mol. The van der Waals surface area contributed by atoms with Crippen LogP contribution in [0.5, 0.6) is 11.5 Å². The minimum absolute atomic E-state index is 0.0773. The highest BCUT2D eigenvalue weighted by molar-refractivity contribution is 5.86. The summed E-state index contributed by atoms with van der Waals surface area (Å²) in [5.41, 5.74) is -3.52. The molecule has 1 N–H and O–H groups in total. The number of ether oxygens (including phenoxy) is 8. The summed E-state index contributed by atoms with van der Waals surface area (Å²) in [6, 6.07) is 3.17. The Bertz CT molecular complexity index is 1670. The predicted octanol–water partition coefficient (Wildman–Crippen LogP) is 4.81. The first-order valence-electron chi connectivity index (χ1n) is 17.7. The van der Waals surface area contributed by atoms with Crippen molar-refractivity contribution in [2.45, 2.75) is 147 Å². The van der Waals surface area contributed by atoms with Crippen molar-refractivity contribution in [3.05, 3.63) is 35.1 Å². The minimum atomic E-state index is -1.80. The molecule has 2 bridgehead atoms. The molecule has 0 amide bonds. The molecule has 4 aliphatic rings. The molecule has 15 nitrogen and oxygen atoms in total. The number of aliphatic hydroxyl groups is 1. The van der Waals surface area contributed by atoms with Crippen LogP contribution in [0.1, 0.15) is 99.6 Å². The monoisotopic (exact) mass is 745 g/mol. The van der Waals surface area contributed by atoms with Gasteiger partial charge < -0.3 is 47.9 Å². The van der Waals surface area contributed by atoms with E-state index >= 15 is 0 Å². The number of esters is 3. The fourth-order valence-electron chi connectivity index (χ4n) is 7.46. The van der Waals surface area contributed by atoms with Crippen LogP contribution in [0.2, 0.25) is 0 Å². The first-order chi connectivity index (χ1) is 24.3. The van der Waals surface area contributed by atoms with Gasteiger partial charge in [0.25, 0.3) is 0 Å². The van der Waals surface area contributed by atoms with Crippen LogP contribution in [0.15, 0.2) is 24.0 Å². The maximum absolute atomic E-state index is 13.6. The van der Waals surface area contributed by atoms with Crippen molar-refractivity contribution in [2.75, 3.05) is 13.6 Å². The Morgan fingerprint density at radius 3 is 2.13 bits per heavy atom. The lowest BCUT2D eigenvalue weighted by Crippen LogP contribution is -2.74. The van der Waals surface area contributed by atoms with Gasteiger partial charge in [0.15, 0.2) is 23.7 Å². The number of nitrogens with zero attached hydrogens (tertiary/aromatic N) is 1. The number of likely N-dealkylation sites (N-methyl/N-ethyl adjacent to an activating group) is 1. The molecule has 15 heteroatoms. The Morgan fingerprint density at radius 2 is 1.51 bits per heavy atom. The van der Waals surface area contributed by atoms with Crippen molar-refractivity contribution in [2.24, 2.45) is 0 Å². The Hall–Kier alpha value is -4.37. The number of hydrogen-bond donors (Lipinski definition) is 1. The largest absolute Gasteiger partial charge is 0.514 e. The molecular weight excluding hydrogens is 694 g/mol. The van der Waals surface area contributed by atoms with Gasteiger partial charge in [0, 0.05) is 18.0 Å². The summed E-state index contributed by atoms with van der Waals surface area (Å²) in [5.74, 6) is -2.64. The lowest BCUT2D eigenvalue weighted by molar-refractivity contribution is -0.180. The summed E-state index contributed by atoms with van der Waals surface area (Å²) < 4.78 is 44.4. The molecule has 2 aliphatic heterocycles. The van der Waals surface area contributed by atoms with E-state index in [1.807, 2.05) is 13.1 Å². The second kappa shape index (κ2) is 13.8. The van der Waals surface area contributed by atoms with E-state index in [0.29, 0.717) is 24.9 Å². The van der Waals surface area contributed by atoms with Gasteiger partial charge in [-0.3, -0.25) is 4.79 Å². The van der Waals surface area contributed by atoms with E-state index in [-0.39, 0.29) is 29.7 Å². The van der Waals surface area contributed by atoms with Gasteiger partial charge in [-0.2, -0.15) is 0 Å². The fourth-order valence-corrected chi connectivity index (χ4v) is 7.46. The topological polar surface area (TPSA) is 183 Å². The molecule has 5 rings (SSSR count). The number of rotatable bonds is 8. The molecule has 292 valence electrons. The van der Waals surface area contributed by atoms with E-state index in [4.69, 9.17) is 37.9 Å². The maximum atomic E-state index is 13.6. The third kappa shape index (κ3) is 8.10. The van der Waals surface area contributed by atoms with Crippen LogP contribution in [0.4, 0.5) is 9.59 Å². The van der Waals surface area contributed by atoms with Crippen molar-refractivity contribution >= 4 is 30.2 Å². The lowest BCUT2D eigenvalue weighted by Gasteiger charge is -2.61. The van der Waals surface area contributed by atoms with Crippen LogP contribution in [0.25, 0.3) is 0 Å². The van der Waals surface area contributed by atoms with E-state index in [1.165, 1.54) is 6.92 Å². The van der Waals surface area contributed by atoms with Gasteiger partial charge in [0.05, 0.1) is 17.4 Å². The van der Waals surface area contributed by atoms with Crippen molar-refractivity contribution < 1.29 is 67.0 Å². The van der Waals surface area contributed by atoms with Crippen molar-refractivity contribution in [1.82, 2.24) is 4.90 Å². The zero-order valence-electron chi connectivity index (χ0n) is 32.3. The molecule has 1 fully saturated rings. The van der Waals surface area contributed by atoms with Crippen molar-refractivity contribution in [1.29, 1.82) is 0 Å². The first-order valence-corrected chi connectivity index (χ1v) is 17.7. The second-order valence-electron chi connectivity index (χ2n) is 17.0. The van der Waals surface area contributed by atoms with Crippen molar-refractivity contribution in [3.8, 4) is 11.5 Å². The molecule has 53 heavy (non-hydrogen) atoms. The average molecular weight is 746 g/mol. The van der Waals surface area contributed by atoms with Gasteiger partial charge in [0.2, 0.25) is 6.10 Å². The summed E-state index contributed by atoms with van der Waals surface area (Å²) in [4.78, 5) is 66.8. The fraction of sp³-hybridized carbons (Fsp3) is 0.658. The molecule has 2 heterocycles. The zero-order chi connectivity index (χ0) is 39.5. The molecule has 2 unspecified atom stereocenters. The molecule has 1 saturated heterocycles. The van der Waals surface area contributed by atoms with Gasteiger partial charge >= 0.3 is 30.2 Å². The summed E-state index contributed by atoms with van der Waals surface area (Å²) in [6.07, 6.45) is -4.61. The Labute approximate surface area is 309 Å². The van der Waals surface area contributed by atoms with E-state index in [1.54, 1.807) is 74.5 Å². The molecule has 6 atom stereocenters. The molecule has 1 aromatic rings. The molecule has 1 aromatic carbocycles. The van der Waals surface area contributed by atoms with E-state index < -0.39 is 82.8 Å². The number of piperidine rings is 1. The number of carbonyl (C=O) groups excluding carboxylic acids is 5. The second-order valence-corrected chi connectivity index (χ2v) is 17.0.